The van der Waals surface area contributed by atoms with E-state index in [1.54, 1.807) is 6.07 Å². The van der Waals surface area contributed by atoms with Gasteiger partial charge in [0.15, 0.2) is 5.69 Å². The van der Waals surface area contributed by atoms with E-state index < -0.39 is 0 Å². The zero-order valence-electron chi connectivity index (χ0n) is 11.6. The van der Waals surface area contributed by atoms with Crippen molar-refractivity contribution in [2.24, 2.45) is 0 Å². The molecule has 0 bridgehead atoms. The first-order chi connectivity index (χ1) is 9.31. The molecule has 1 aromatic rings. The third-order valence-corrected chi connectivity index (χ3v) is 3.38. The summed E-state index contributed by atoms with van der Waals surface area (Å²) in [5.41, 5.74) is 0.447. The molecule has 1 saturated heterocycles. The van der Waals surface area contributed by atoms with Crippen molar-refractivity contribution >= 4 is 11.7 Å². The largest absolute Gasteiger partial charge is 0.369 e. The zero-order chi connectivity index (χ0) is 13.5. The molecule has 0 aliphatic carbocycles. The summed E-state index contributed by atoms with van der Waals surface area (Å²) >= 11 is 0. The summed E-state index contributed by atoms with van der Waals surface area (Å²) in [6, 6.07) is 3.57. The summed E-state index contributed by atoms with van der Waals surface area (Å²) < 4.78 is 0. The maximum absolute atomic E-state index is 12.3. The lowest BCUT2D eigenvalue weighted by Crippen LogP contribution is -2.34. The smallest absolute Gasteiger partial charge is 0.274 e. The van der Waals surface area contributed by atoms with E-state index in [2.05, 4.69) is 15.5 Å². The lowest BCUT2D eigenvalue weighted by molar-refractivity contribution is 0.0735. The fourth-order valence-corrected chi connectivity index (χ4v) is 2.33. The molecular weight excluding hydrogens is 240 g/mol. The number of anilines is 1. The Labute approximate surface area is 114 Å². The molecule has 2 heterocycles. The van der Waals surface area contributed by atoms with Crippen molar-refractivity contribution < 1.29 is 4.79 Å². The number of hydrogen-bond acceptors (Lipinski definition) is 4. The second-order valence-electron chi connectivity index (χ2n) is 4.89. The highest BCUT2D eigenvalue weighted by Crippen LogP contribution is 2.13. The Kier molecular flexibility index (Phi) is 5.12. The van der Waals surface area contributed by atoms with Gasteiger partial charge in [-0.25, -0.2) is 0 Å². The molecule has 1 N–H and O–H groups in total. The van der Waals surface area contributed by atoms with Gasteiger partial charge in [0.2, 0.25) is 0 Å². The SMILES string of the molecule is CCNc1ccc(C(=O)N2CCCCCCC2)nn1. The number of likely N-dealkylation sites (tertiary alicyclic amines) is 1. The van der Waals surface area contributed by atoms with Gasteiger partial charge in [0.1, 0.15) is 5.82 Å². The zero-order valence-corrected chi connectivity index (χ0v) is 11.6. The predicted octanol–water partition coefficient (Wildman–Crippen LogP) is 2.31. The molecule has 5 nitrogen and oxygen atoms in total. The van der Waals surface area contributed by atoms with Crippen molar-refractivity contribution in [3.8, 4) is 0 Å². The summed E-state index contributed by atoms with van der Waals surface area (Å²) in [7, 11) is 0. The summed E-state index contributed by atoms with van der Waals surface area (Å²) in [4.78, 5) is 14.2. The number of carbonyl (C=O) groups excluding carboxylic acids is 1. The van der Waals surface area contributed by atoms with E-state index >= 15 is 0 Å². The molecule has 0 aromatic carbocycles. The molecule has 0 saturated carbocycles. The Bertz CT molecular complexity index is 396. The average Bonchev–Trinajstić information content (AvgIpc) is 2.39. The molecule has 1 aromatic heterocycles. The van der Waals surface area contributed by atoms with E-state index in [0.717, 1.165) is 32.5 Å². The van der Waals surface area contributed by atoms with Crippen LogP contribution in [0.4, 0.5) is 5.82 Å². The molecule has 0 unspecified atom stereocenters. The minimum absolute atomic E-state index is 0.0115. The van der Waals surface area contributed by atoms with Gasteiger partial charge < -0.3 is 10.2 Å². The highest BCUT2D eigenvalue weighted by Gasteiger charge is 2.18. The van der Waals surface area contributed by atoms with E-state index in [0.29, 0.717) is 11.5 Å². The van der Waals surface area contributed by atoms with Crippen molar-refractivity contribution in [2.45, 2.75) is 39.0 Å². The number of rotatable bonds is 3. The van der Waals surface area contributed by atoms with Crippen LogP contribution < -0.4 is 5.32 Å². The van der Waals surface area contributed by atoms with Crippen LogP contribution >= 0.6 is 0 Å². The first kappa shape index (κ1) is 13.8. The molecule has 19 heavy (non-hydrogen) atoms. The molecule has 1 aliphatic heterocycles. The molecular formula is C14H22N4O. The van der Waals surface area contributed by atoms with Gasteiger partial charge in [-0.15, -0.1) is 10.2 Å². The lowest BCUT2D eigenvalue weighted by atomic mass is 10.1. The first-order valence-corrected chi connectivity index (χ1v) is 7.18. The van der Waals surface area contributed by atoms with Crippen LogP contribution in [0.3, 0.4) is 0 Å². The minimum atomic E-state index is 0.0115. The van der Waals surface area contributed by atoms with Gasteiger partial charge in [-0.3, -0.25) is 4.79 Å². The van der Waals surface area contributed by atoms with Crippen molar-refractivity contribution in [2.75, 3.05) is 25.0 Å². The molecule has 0 radical (unpaired) electrons. The number of carbonyl (C=O) groups is 1. The number of amides is 1. The third-order valence-electron chi connectivity index (χ3n) is 3.38. The maximum atomic E-state index is 12.3. The van der Waals surface area contributed by atoms with Gasteiger partial charge in [0.05, 0.1) is 0 Å². The normalized spacial score (nSPS) is 16.6. The molecule has 0 atom stereocenters. The van der Waals surface area contributed by atoms with Gasteiger partial charge in [-0.1, -0.05) is 19.3 Å². The van der Waals surface area contributed by atoms with Crippen LogP contribution in [0.2, 0.25) is 0 Å². The third kappa shape index (κ3) is 3.91. The number of aromatic nitrogens is 2. The van der Waals surface area contributed by atoms with Crippen molar-refractivity contribution in [1.29, 1.82) is 0 Å². The van der Waals surface area contributed by atoms with E-state index in [-0.39, 0.29) is 5.91 Å². The summed E-state index contributed by atoms with van der Waals surface area (Å²) in [5.74, 6) is 0.726. The van der Waals surface area contributed by atoms with Gasteiger partial charge in [-0.2, -0.15) is 0 Å². The molecule has 1 aliphatic rings. The number of nitrogens with zero attached hydrogens (tertiary/aromatic N) is 3. The van der Waals surface area contributed by atoms with Crippen LogP contribution in [-0.4, -0.2) is 40.6 Å². The van der Waals surface area contributed by atoms with Crippen LogP contribution in [0.15, 0.2) is 12.1 Å². The van der Waals surface area contributed by atoms with Crippen LogP contribution in [0.25, 0.3) is 0 Å². The Morgan fingerprint density at radius 1 is 1.16 bits per heavy atom. The van der Waals surface area contributed by atoms with Crippen molar-refractivity contribution in [3.05, 3.63) is 17.8 Å². The summed E-state index contributed by atoms with van der Waals surface area (Å²) in [6.45, 7) is 4.49. The maximum Gasteiger partial charge on any atom is 0.274 e. The molecule has 2 rings (SSSR count). The van der Waals surface area contributed by atoms with E-state index in [9.17, 15) is 4.79 Å². The van der Waals surface area contributed by atoms with Gasteiger partial charge in [0, 0.05) is 19.6 Å². The van der Waals surface area contributed by atoms with Crippen LogP contribution in [0.5, 0.6) is 0 Å². The number of hydrogen-bond donors (Lipinski definition) is 1. The van der Waals surface area contributed by atoms with Crippen molar-refractivity contribution in [3.63, 3.8) is 0 Å². The number of nitrogens with one attached hydrogen (secondary N) is 1. The predicted molar refractivity (Wildman–Crippen MR) is 75.2 cm³/mol. The van der Waals surface area contributed by atoms with Gasteiger partial charge in [0.25, 0.3) is 5.91 Å². The molecule has 1 fully saturated rings. The molecule has 1 amide bonds. The standard InChI is InChI=1S/C14H22N4O/c1-2-15-13-9-8-12(16-17-13)14(19)18-10-6-4-3-5-7-11-18/h8-9H,2-7,10-11H2,1H3,(H,15,17). The van der Waals surface area contributed by atoms with Crippen LogP contribution in [-0.2, 0) is 0 Å². The topological polar surface area (TPSA) is 58.1 Å². The molecule has 104 valence electrons. The Morgan fingerprint density at radius 3 is 2.42 bits per heavy atom. The van der Waals surface area contributed by atoms with Gasteiger partial charge in [-0.05, 0) is 31.9 Å². The van der Waals surface area contributed by atoms with Crippen LogP contribution in [0.1, 0.15) is 49.5 Å². The second kappa shape index (κ2) is 7.07. The highest BCUT2D eigenvalue weighted by atomic mass is 16.2. The lowest BCUT2D eigenvalue weighted by Gasteiger charge is -2.24. The average molecular weight is 262 g/mol. The fraction of sp³-hybridized carbons (Fsp3) is 0.643. The monoisotopic (exact) mass is 262 g/mol. The van der Waals surface area contributed by atoms with E-state index in [1.165, 1.54) is 19.3 Å². The van der Waals surface area contributed by atoms with Crippen molar-refractivity contribution in [1.82, 2.24) is 15.1 Å². The summed E-state index contributed by atoms with van der Waals surface area (Å²) in [5, 5.41) is 11.1. The molecule has 0 spiro atoms. The molecule has 5 heteroatoms. The Morgan fingerprint density at radius 2 is 1.84 bits per heavy atom. The summed E-state index contributed by atoms with van der Waals surface area (Å²) in [6.07, 6.45) is 5.91. The second-order valence-corrected chi connectivity index (χ2v) is 4.89. The highest BCUT2D eigenvalue weighted by molar-refractivity contribution is 5.92. The first-order valence-electron chi connectivity index (χ1n) is 7.18. The Hall–Kier alpha value is -1.65. The minimum Gasteiger partial charge on any atom is -0.369 e. The quantitative estimate of drug-likeness (QED) is 0.908. The fourth-order valence-electron chi connectivity index (χ4n) is 2.33. The van der Waals surface area contributed by atoms with Gasteiger partial charge >= 0.3 is 0 Å². The van der Waals surface area contributed by atoms with Crippen LogP contribution in [0, 0.1) is 0 Å². The van der Waals surface area contributed by atoms with E-state index in [4.69, 9.17) is 0 Å². The van der Waals surface area contributed by atoms with E-state index in [1.807, 2.05) is 17.9 Å². The Balaban J connectivity index is 2.00.